The fourth-order valence-corrected chi connectivity index (χ4v) is 15.7. The van der Waals surface area contributed by atoms with E-state index in [-0.39, 0.29) is 6.61 Å². The molecule has 352 valence electrons. The molecule has 2 aliphatic rings. The first kappa shape index (κ1) is 56.6. The van der Waals surface area contributed by atoms with Gasteiger partial charge in [-0.3, -0.25) is 0 Å². The lowest BCUT2D eigenvalue weighted by atomic mass is 9.95. The van der Waals surface area contributed by atoms with Crippen molar-refractivity contribution in [3.05, 3.63) is 0 Å². The summed E-state index contributed by atoms with van der Waals surface area (Å²) in [6, 6.07) is 0. The van der Waals surface area contributed by atoms with Gasteiger partial charge in [0.2, 0.25) is 5.79 Å². The number of rotatable bonds is 21. The van der Waals surface area contributed by atoms with Crippen LogP contribution in [0.3, 0.4) is 0 Å². The molecule has 2 aliphatic heterocycles. The molecule has 2 rings (SSSR count). The summed E-state index contributed by atoms with van der Waals surface area (Å²) in [5.41, 5.74) is 0. The van der Waals surface area contributed by atoms with Gasteiger partial charge in [0.25, 0.3) is 0 Å². The molecule has 0 aliphatic carbocycles. The minimum atomic E-state index is -2.40. The zero-order valence-electron chi connectivity index (χ0n) is 42.8. The molecule has 2 unspecified atom stereocenters. The summed E-state index contributed by atoms with van der Waals surface area (Å²) in [7, 11) is -20.5. The van der Waals surface area contributed by atoms with Crippen LogP contribution >= 0.6 is 0 Å². The van der Waals surface area contributed by atoms with Crippen molar-refractivity contribution in [2.24, 2.45) is 0 Å². The van der Waals surface area contributed by atoms with E-state index in [1.807, 2.05) is 0 Å². The molecule has 0 spiro atoms. The van der Waals surface area contributed by atoms with Crippen LogP contribution in [-0.2, 0) is 54.0 Å². The average Bonchev–Trinajstić information content (AvgIpc) is 2.89. The van der Waals surface area contributed by atoms with Crippen molar-refractivity contribution in [3.8, 4) is 0 Å². The third kappa shape index (κ3) is 21.1. The van der Waals surface area contributed by atoms with E-state index < -0.39 is 136 Å². The van der Waals surface area contributed by atoms with Crippen molar-refractivity contribution in [2.75, 3.05) is 6.61 Å². The highest BCUT2D eigenvalue weighted by Gasteiger charge is 2.63. The van der Waals surface area contributed by atoms with Gasteiger partial charge in [-0.05, 0) is 177 Å². The van der Waals surface area contributed by atoms with Crippen molar-refractivity contribution >= 4 is 74.9 Å². The lowest BCUT2D eigenvalue weighted by Gasteiger charge is -2.58. The van der Waals surface area contributed by atoms with Crippen LogP contribution in [0.1, 0.15) is 0 Å². The Hall–Kier alpha value is 1.47. The summed E-state index contributed by atoms with van der Waals surface area (Å²) in [5.74, 6) is -1.39. The van der Waals surface area contributed by atoms with Crippen LogP contribution in [-0.4, -0.2) is 143 Å². The molecular formula is C38H92O12Si9. The zero-order valence-corrected chi connectivity index (χ0v) is 51.8. The summed E-state index contributed by atoms with van der Waals surface area (Å²) in [5, 5.41) is 0. The van der Waals surface area contributed by atoms with Gasteiger partial charge in [-0.2, -0.15) is 0 Å². The molecule has 59 heavy (non-hydrogen) atoms. The molecule has 0 aromatic heterocycles. The molecule has 0 radical (unpaired) electrons. The van der Waals surface area contributed by atoms with Crippen LogP contribution in [0.5, 0.6) is 0 Å². The van der Waals surface area contributed by atoms with E-state index in [2.05, 4.69) is 177 Å². The van der Waals surface area contributed by atoms with Crippen molar-refractivity contribution in [3.63, 3.8) is 0 Å². The van der Waals surface area contributed by atoms with Crippen LogP contribution in [0, 0.1) is 0 Å². The third-order valence-electron chi connectivity index (χ3n) is 7.95. The van der Waals surface area contributed by atoms with Gasteiger partial charge in [0.1, 0.15) is 36.6 Å². The highest BCUT2D eigenvalue weighted by molar-refractivity contribution is 6.72. The first-order chi connectivity index (χ1) is 25.8. The third-order valence-corrected chi connectivity index (χ3v) is 16.7. The van der Waals surface area contributed by atoms with Crippen LogP contribution in [0.4, 0.5) is 0 Å². The van der Waals surface area contributed by atoms with Gasteiger partial charge in [-0.15, -0.1) is 0 Å². The predicted octanol–water partition coefficient (Wildman–Crippen LogP) is 10.6. The quantitative estimate of drug-likeness (QED) is 0.102. The maximum absolute atomic E-state index is 7.66. The Morgan fingerprint density at radius 1 is 0.339 bits per heavy atom. The van der Waals surface area contributed by atoms with Gasteiger partial charge in [0.05, 0.1) is 6.61 Å². The summed E-state index contributed by atoms with van der Waals surface area (Å²) in [6.07, 6.45) is -6.66. The topological polar surface area (TPSA) is 111 Å². The van der Waals surface area contributed by atoms with Gasteiger partial charge < -0.3 is 54.0 Å². The summed E-state index contributed by atoms with van der Waals surface area (Å²) in [6.45, 7) is 59.1. The first-order valence-electron chi connectivity index (χ1n) is 21.8. The molecule has 0 saturated carbocycles. The average molecular weight is 994 g/mol. The zero-order chi connectivity index (χ0) is 46.4. The predicted molar refractivity (Wildman–Crippen MR) is 265 cm³/mol. The molecule has 2 fully saturated rings. The summed E-state index contributed by atoms with van der Waals surface area (Å²) >= 11 is 0. The van der Waals surface area contributed by atoms with E-state index in [4.69, 9.17) is 54.0 Å². The molecular weight excluding hydrogens is 901 g/mol. The van der Waals surface area contributed by atoms with E-state index >= 15 is 0 Å². The van der Waals surface area contributed by atoms with Crippen molar-refractivity contribution < 1.29 is 54.0 Å². The summed E-state index contributed by atoms with van der Waals surface area (Å²) in [4.78, 5) is 0. The second kappa shape index (κ2) is 19.7. The maximum Gasteiger partial charge on any atom is 0.212 e. The standard InChI is InChI=1S/C38H92O12Si9/c1-51(2,3)39-28-38(50-59(25,26)27)34(47-56(16,17)18)30(33(46-55(13,14)15)37(42-38)49-58(22,23)24)40-35-31(44-53(7,8)9)29(43-52(4,5)6)32(45-54(10,11)12)36(41-35)48-57(19,20)21/h29-37H,28H2,1-27H3/t29-,30-,31-,32+,33+,34-,35?,36-,37?,38-/m0/s1. The minimum absolute atomic E-state index is 0.141. The Balaban J connectivity index is 3.17. The Bertz CT molecular complexity index is 1320. The monoisotopic (exact) mass is 992 g/mol. The van der Waals surface area contributed by atoms with Crippen LogP contribution in [0.25, 0.3) is 0 Å². The molecule has 10 atom stereocenters. The van der Waals surface area contributed by atoms with Crippen molar-refractivity contribution in [2.45, 2.75) is 238 Å². The number of hydrogen-bond acceptors (Lipinski definition) is 12. The van der Waals surface area contributed by atoms with Crippen LogP contribution in [0.2, 0.25) is 177 Å². The Morgan fingerprint density at radius 2 is 0.678 bits per heavy atom. The van der Waals surface area contributed by atoms with E-state index in [0.717, 1.165) is 0 Å². The van der Waals surface area contributed by atoms with Crippen molar-refractivity contribution in [1.82, 2.24) is 0 Å². The molecule has 21 heteroatoms. The number of hydrogen-bond donors (Lipinski definition) is 0. The number of ether oxygens (including phenoxy) is 3. The molecule has 0 amide bonds. The Labute approximate surface area is 371 Å². The van der Waals surface area contributed by atoms with Gasteiger partial charge in [0.15, 0.2) is 93.7 Å². The lowest BCUT2D eigenvalue weighted by molar-refractivity contribution is -0.403. The smallest absolute Gasteiger partial charge is 0.212 e. The second-order valence-electron chi connectivity index (χ2n) is 25.3. The Kier molecular flexibility index (Phi) is 18.9. The molecule has 2 saturated heterocycles. The largest absolute Gasteiger partial charge is 0.412 e. The lowest BCUT2D eigenvalue weighted by Crippen LogP contribution is -2.75. The van der Waals surface area contributed by atoms with E-state index in [1.54, 1.807) is 0 Å². The minimum Gasteiger partial charge on any atom is -0.412 e. The van der Waals surface area contributed by atoms with Crippen LogP contribution < -0.4 is 0 Å². The van der Waals surface area contributed by atoms with Crippen LogP contribution in [0.15, 0.2) is 0 Å². The molecule has 0 N–H and O–H groups in total. The first-order valence-corrected chi connectivity index (χ1v) is 52.5. The molecule has 0 bridgehead atoms. The molecule has 2 heterocycles. The van der Waals surface area contributed by atoms with Gasteiger partial charge in [0, 0.05) is 0 Å². The van der Waals surface area contributed by atoms with Gasteiger partial charge in [-0.25, -0.2) is 0 Å². The molecule has 12 nitrogen and oxygen atoms in total. The Morgan fingerprint density at radius 3 is 1.03 bits per heavy atom. The van der Waals surface area contributed by atoms with E-state index in [1.165, 1.54) is 0 Å². The fourth-order valence-electron chi connectivity index (χ4n) is 6.72. The van der Waals surface area contributed by atoms with Gasteiger partial charge >= 0.3 is 0 Å². The highest BCUT2D eigenvalue weighted by Crippen LogP contribution is 2.44. The molecule has 0 aromatic carbocycles. The maximum atomic E-state index is 7.66. The fraction of sp³-hybridized carbons (Fsp3) is 1.00. The molecule has 0 aromatic rings. The van der Waals surface area contributed by atoms with E-state index in [9.17, 15) is 0 Å². The highest BCUT2D eigenvalue weighted by atomic mass is 28.4. The van der Waals surface area contributed by atoms with E-state index in [0.29, 0.717) is 0 Å². The summed E-state index contributed by atoms with van der Waals surface area (Å²) < 4.78 is 86.5. The SMILES string of the molecule is C[Si](C)(C)OC[C@@]1(O[Si](C)(C)C)OC(O[Si](C)(C)C)[C@H](O[Si](C)(C)C)[C@H](OC2O[C@@H](O[Si](C)(C)C)[C@H](O[Si](C)(C)C)[C@@H](O[Si](C)(C)C)[C@@H]2O[Si](C)(C)C)[C@@H]1O[Si](C)(C)C. The van der Waals surface area contributed by atoms with Gasteiger partial charge in [-0.1, -0.05) is 0 Å². The van der Waals surface area contributed by atoms with Crippen molar-refractivity contribution in [1.29, 1.82) is 0 Å². The normalized spacial score (nSPS) is 31.5. The second-order valence-corrected chi connectivity index (χ2v) is 65.4.